The van der Waals surface area contributed by atoms with Crippen molar-refractivity contribution < 1.29 is 9.53 Å². The lowest BCUT2D eigenvalue weighted by Crippen LogP contribution is -2.12. The monoisotopic (exact) mass is 336 g/mol. The smallest absolute Gasteiger partial charge is 0.306 e. The molecule has 2 rings (SSSR count). The average molecular weight is 337 g/mol. The van der Waals surface area contributed by atoms with Crippen LogP contribution in [0.15, 0.2) is 24.7 Å². The first kappa shape index (κ1) is 17.3. The normalized spacial score (nSPS) is 10.8. The molecule has 6 nitrogen and oxygen atoms in total. The van der Waals surface area contributed by atoms with Crippen LogP contribution in [0.1, 0.15) is 32.8 Å². The van der Waals surface area contributed by atoms with Gasteiger partial charge < -0.3 is 10.1 Å². The van der Waals surface area contributed by atoms with Crippen molar-refractivity contribution in [3.8, 4) is 5.69 Å². The number of aryl methyl sites for hydroxylation is 1. The van der Waals surface area contributed by atoms with E-state index < -0.39 is 0 Å². The van der Waals surface area contributed by atoms with Crippen LogP contribution in [0.2, 0.25) is 5.15 Å². The van der Waals surface area contributed by atoms with Crippen molar-refractivity contribution in [1.29, 1.82) is 0 Å². The Bertz CT molecular complexity index is 670. The topological polar surface area (TPSA) is 69.0 Å². The molecule has 1 N–H and O–H groups in total. The second-order valence-electron chi connectivity index (χ2n) is 5.42. The first-order chi connectivity index (χ1) is 11.0. The number of carbonyl (C=O) groups is 1. The lowest BCUT2D eigenvalue weighted by atomic mass is 10.2. The molecule has 0 saturated carbocycles. The molecule has 0 saturated heterocycles. The minimum Gasteiger partial charge on any atom is -0.466 e. The van der Waals surface area contributed by atoms with Crippen molar-refractivity contribution in [1.82, 2.24) is 14.8 Å². The van der Waals surface area contributed by atoms with Crippen LogP contribution in [0.25, 0.3) is 5.69 Å². The van der Waals surface area contributed by atoms with Crippen LogP contribution in [-0.4, -0.2) is 33.4 Å². The molecule has 2 aromatic heterocycles. The third kappa shape index (κ3) is 4.96. The highest BCUT2D eigenvalue weighted by Crippen LogP contribution is 2.23. The average Bonchev–Trinajstić information content (AvgIpc) is 2.93. The Morgan fingerprint density at radius 1 is 1.43 bits per heavy atom. The Kier molecular flexibility index (Phi) is 5.98. The highest BCUT2D eigenvalue weighted by molar-refractivity contribution is 6.29. The highest BCUT2D eigenvalue weighted by Gasteiger charge is 2.10. The molecule has 0 radical (unpaired) electrons. The molecule has 2 aromatic rings. The number of anilines is 1. The van der Waals surface area contributed by atoms with E-state index in [4.69, 9.17) is 16.3 Å². The number of hydrogen-bond acceptors (Lipinski definition) is 5. The summed E-state index contributed by atoms with van der Waals surface area (Å²) in [4.78, 5) is 15.5. The first-order valence-corrected chi connectivity index (χ1v) is 7.99. The van der Waals surface area contributed by atoms with Gasteiger partial charge in [-0.1, -0.05) is 11.6 Å². The van der Waals surface area contributed by atoms with E-state index in [9.17, 15) is 4.79 Å². The van der Waals surface area contributed by atoms with Gasteiger partial charge in [0, 0.05) is 24.7 Å². The predicted octanol–water partition coefficient (Wildman–Crippen LogP) is 3.24. The number of nitrogens with one attached hydrogen (secondary N) is 1. The minimum atomic E-state index is -0.199. The highest BCUT2D eigenvalue weighted by atomic mass is 35.5. The molecule has 124 valence electrons. The van der Waals surface area contributed by atoms with Gasteiger partial charge >= 0.3 is 5.97 Å². The number of aromatic nitrogens is 3. The standard InChI is InChI=1S/C16H21ClN4O2/c1-4-23-16(22)6-5-12-8-19-21(10-12)14-9-18-15(17)7-13(14)20-11(2)3/h7-11H,4-6H2,1-3H3,(H,18,20). The lowest BCUT2D eigenvalue weighted by molar-refractivity contribution is -0.143. The maximum absolute atomic E-state index is 11.4. The van der Waals surface area contributed by atoms with Crippen molar-refractivity contribution in [2.75, 3.05) is 11.9 Å². The number of halogens is 1. The van der Waals surface area contributed by atoms with Crippen molar-refractivity contribution in [3.05, 3.63) is 35.4 Å². The summed E-state index contributed by atoms with van der Waals surface area (Å²) in [7, 11) is 0. The summed E-state index contributed by atoms with van der Waals surface area (Å²) >= 11 is 5.98. The zero-order chi connectivity index (χ0) is 16.8. The number of esters is 1. The SMILES string of the molecule is CCOC(=O)CCc1cnn(-c2cnc(Cl)cc2NC(C)C)c1. The van der Waals surface area contributed by atoms with Gasteiger partial charge in [0.25, 0.3) is 0 Å². The number of ether oxygens (including phenoxy) is 1. The fraction of sp³-hybridized carbons (Fsp3) is 0.438. The van der Waals surface area contributed by atoms with Crippen molar-refractivity contribution in [2.24, 2.45) is 0 Å². The lowest BCUT2D eigenvalue weighted by Gasteiger charge is -2.14. The molecule has 0 unspecified atom stereocenters. The van der Waals surface area contributed by atoms with E-state index in [1.807, 2.05) is 20.0 Å². The van der Waals surface area contributed by atoms with E-state index in [0.717, 1.165) is 16.9 Å². The number of nitrogens with zero attached hydrogens (tertiary/aromatic N) is 3. The molecule has 0 bridgehead atoms. The second kappa shape index (κ2) is 7.97. The summed E-state index contributed by atoms with van der Waals surface area (Å²) in [6, 6.07) is 2.03. The van der Waals surface area contributed by atoms with Gasteiger partial charge in [0.05, 0.1) is 24.7 Å². The van der Waals surface area contributed by atoms with Gasteiger partial charge in [-0.15, -0.1) is 0 Å². The zero-order valence-corrected chi connectivity index (χ0v) is 14.3. The van der Waals surface area contributed by atoms with E-state index in [2.05, 4.69) is 15.4 Å². The molecule has 2 heterocycles. The molecule has 0 amide bonds. The molecule has 23 heavy (non-hydrogen) atoms. The Morgan fingerprint density at radius 3 is 2.91 bits per heavy atom. The molecule has 0 atom stereocenters. The van der Waals surface area contributed by atoms with Crippen molar-refractivity contribution in [3.63, 3.8) is 0 Å². The molecule has 0 spiro atoms. The first-order valence-electron chi connectivity index (χ1n) is 7.61. The van der Waals surface area contributed by atoms with E-state index in [-0.39, 0.29) is 12.0 Å². The molecular weight excluding hydrogens is 316 g/mol. The molecule has 0 aliphatic heterocycles. The van der Waals surface area contributed by atoms with Crippen LogP contribution in [0, 0.1) is 0 Å². The van der Waals surface area contributed by atoms with Gasteiger partial charge in [-0.3, -0.25) is 4.79 Å². The molecular formula is C16H21ClN4O2. The largest absolute Gasteiger partial charge is 0.466 e. The number of carbonyl (C=O) groups excluding carboxylic acids is 1. The van der Waals surface area contributed by atoms with Crippen molar-refractivity contribution in [2.45, 2.75) is 39.7 Å². The minimum absolute atomic E-state index is 0.199. The fourth-order valence-electron chi connectivity index (χ4n) is 2.13. The van der Waals surface area contributed by atoms with E-state index in [1.54, 1.807) is 30.1 Å². The molecule has 0 aromatic carbocycles. The second-order valence-corrected chi connectivity index (χ2v) is 5.81. The Morgan fingerprint density at radius 2 is 2.22 bits per heavy atom. The molecule has 0 fully saturated rings. The third-order valence-electron chi connectivity index (χ3n) is 3.10. The summed E-state index contributed by atoms with van der Waals surface area (Å²) in [5.74, 6) is -0.199. The van der Waals surface area contributed by atoms with Gasteiger partial charge in [-0.2, -0.15) is 5.10 Å². The number of hydrogen-bond donors (Lipinski definition) is 1. The van der Waals surface area contributed by atoms with Gasteiger partial charge in [0.15, 0.2) is 0 Å². The maximum Gasteiger partial charge on any atom is 0.306 e. The summed E-state index contributed by atoms with van der Waals surface area (Å²) < 4.78 is 6.66. The quantitative estimate of drug-likeness (QED) is 0.621. The Hall–Kier alpha value is -2.08. The Balaban J connectivity index is 2.15. The van der Waals surface area contributed by atoms with Gasteiger partial charge in [-0.25, -0.2) is 9.67 Å². The molecule has 0 aliphatic carbocycles. The van der Waals surface area contributed by atoms with Crippen LogP contribution < -0.4 is 5.32 Å². The fourth-order valence-corrected chi connectivity index (χ4v) is 2.29. The van der Waals surface area contributed by atoms with Crippen LogP contribution in [0.3, 0.4) is 0 Å². The van der Waals surface area contributed by atoms with Gasteiger partial charge in [-0.05, 0) is 32.8 Å². The maximum atomic E-state index is 11.4. The zero-order valence-electron chi connectivity index (χ0n) is 13.5. The van der Waals surface area contributed by atoms with Crippen LogP contribution >= 0.6 is 11.6 Å². The number of rotatable bonds is 7. The summed E-state index contributed by atoms with van der Waals surface area (Å²) in [6.07, 6.45) is 6.24. The summed E-state index contributed by atoms with van der Waals surface area (Å²) in [5.41, 5.74) is 2.63. The van der Waals surface area contributed by atoms with Crippen LogP contribution in [-0.2, 0) is 16.0 Å². The summed E-state index contributed by atoms with van der Waals surface area (Å²) in [5, 5.41) is 8.10. The van der Waals surface area contributed by atoms with Gasteiger partial charge in [0.2, 0.25) is 0 Å². The molecule has 0 aliphatic rings. The number of pyridine rings is 1. The van der Waals surface area contributed by atoms with Crippen molar-refractivity contribution >= 4 is 23.3 Å². The van der Waals surface area contributed by atoms with Gasteiger partial charge in [0.1, 0.15) is 10.8 Å². The van der Waals surface area contributed by atoms with E-state index in [0.29, 0.717) is 24.6 Å². The third-order valence-corrected chi connectivity index (χ3v) is 3.31. The van der Waals surface area contributed by atoms with Crippen LogP contribution in [0.4, 0.5) is 5.69 Å². The van der Waals surface area contributed by atoms with E-state index >= 15 is 0 Å². The predicted molar refractivity (Wildman–Crippen MR) is 90.1 cm³/mol. The molecule has 7 heteroatoms. The van der Waals surface area contributed by atoms with Crippen LogP contribution in [0.5, 0.6) is 0 Å². The summed E-state index contributed by atoms with van der Waals surface area (Å²) in [6.45, 7) is 6.30. The Labute approximate surface area is 140 Å². The van der Waals surface area contributed by atoms with E-state index in [1.165, 1.54) is 0 Å².